The van der Waals surface area contributed by atoms with Gasteiger partial charge in [-0.15, -0.1) is 0 Å². The molecule has 4 nitrogen and oxygen atoms in total. The molecule has 2 atom stereocenters. The molecule has 2 unspecified atom stereocenters. The smallest absolute Gasteiger partial charge is 0.316 e. The summed E-state index contributed by atoms with van der Waals surface area (Å²) in [6.07, 6.45) is 3.32. The number of hydrogen-bond donors (Lipinski definition) is 2. The third-order valence-electron chi connectivity index (χ3n) is 4.07. The normalized spacial score (nSPS) is 38.7. The zero-order chi connectivity index (χ0) is 12.4. The van der Waals surface area contributed by atoms with E-state index in [1.807, 2.05) is 0 Å². The molecular weight excluding hydrogens is 238 g/mol. The van der Waals surface area contributed by atoms with Crippen LogP contribution in [0.15, 0.2) is 0 Å². The minimum Gasteiger partial charge on any atom is -0.468 e. The summed E-state index contributed by atoms with van der Waals surface area (Å²) < 4.78 is 4.96. The summed E-state index contributed by atoms with van der Waals surface area (Å²) in [7, 11) is 1.41. The molecule has 2 aliphatic heterocycles. The first kappa shape index (κ1) is 13.2. The Bertz CT molecular complexity index is 283. The number of methoxy groups -OCH3 is 1. The number of carbonyl (C=O) groups is 1. The summed E-state index contributed by atoms with van der Waals surface area (Å²) in [6, 6.07) is 0. The highest BCUT2D eigenvalue weighted by Gasteiger charge is 2.57. The number of nitrogens with one attached hydrogen (secondary N) is 1. The molecular formula is C12H21NO3S. The largest absolute Gasteiger partial charge is 0.468 e. The van der Waals surface area contributed by atoms with Crippen molar-refractivity contribution in [2.45, 2.75) is 31.3 Å². The Labute approximate surface area is 106 Å². The SMILES string of the molecule is COC(=O)C1(C2(O)CCCSC2)CCCNC1. The van der Waals surface area contributed by atoms with E-state index in [0.717, 1.165) is 31.6 Å². The number of thioether (sulfide) groups is 1. The number of esters is 1. The summed E-state index contributed by atoms with van der Waals surface area (Å²) in [5.41, 5.74) is -1.65. The van der Waals surface area contributed by atoms with Crippen LogP contribution in [0.2, 0.25) is 0 Å². The summed E-state index contributed by atoms with van der Waals surface area (Å²) in [4.78, 5) is 12.2. The second kappa shape index (κ2) is 5.16. The third-order valence-corrected chi connectivity index (χ3v) is 5.33. The number of ether oxygens (including phenoxy) is 1. The van der Waals surface area contributed by atoms with Gasteiger partial charge >= 0.3 is 5.97 Å². The first-order valence-corrected chi connectivity index (χ1v) is 7.39. The highest BCUT2D eigenvalue weighted by atomic mass is 32.2. The topological polar surface area (TPSA) is 58.6 Å². The molecule has 2 fully saturated rings. The number of rotatable bonds is 2. The number of carbonyl (C=O) groups excluding carboxylic acids is 1. The summed E-state index contributed by atoms with van der Waals surface area (Å²) >= 11 is 1.74. The van der Waals surface area contributed by atoms with Crippen LogP contribution in [0.3, 0.4) is 0 Å². The Morgan fingerprint density at radius 3 is 2.76 bits per heavy atom. The lowest BCUT2D eigenvalue weighted by atomic mass is 9.66. The quantitative estimate of drug-likeness (QED) is 0.718. The minimum atomic E-state index is -0.906. The zero-order valence-electron chi connectivity index (χ0n) is 10.3. The average molecular weight is 259 g/mol. The molecule has 0 bridgehead atoms. The number of hydrogen-bond acceptors (Lipinski definition) is 5. The molecule has 0 amide bonds. The Kier molecular flexibility index (Phi) is 4.00. The maximum atomic E-state index is 12.2. The molecule has 0 aromatic heterocycles. The van der Waals surface area contributed by atoms with Crippen LogP contribution in [-0.2, 0) is 9.53 Å². The minimum absolute atomic E-state index is 0.255. The van der Waals surface area contributed by atoms with Gasteiger partial charge in [0.1, 0.15) is 5.41 Å². The van der Waals surface area contributed by atoms with Gasteiger partial charge in [-0.05, 0) is 38.0 Å². The fourth-order valence-corrected chi connectivity index (χ4v) is 4.27. The van der Waals surface area contributed by atoms with E-state index in [9.17, 15) is 9.90 Å². The Morgan fingerprint density at radius 2 is 2.24 bits per heavy atom. The molecule has 0 spiro atoms. The van der Waals surface area contributed by atoms with E-state index in [0.29, 0.717) is 18.7 Å². The summed E-state index contributed by atoms with van der Waals surface area (Å²) in [6.45, 7) is 1.46. The molecule has 0 aromatic rings. The van der Waals surface area contributed by atoms with Crippen LogP contribution in [0.5, 0.6) is 0 Å². The van der Waals surface area contributed by atoms with E-state index in [-0.39, 0.29) is 5.97 Å². The van der Waals surface area contributed by atoms with Crippen molar-refractivity contribution in [3.8, 4) is 0 Å². The molecule has 2 N–H and O–H groups in total. The van der Waals surface area contributed by atoms with Gasteiger partial charge < -0.3 is 15.2 Å². The van der Waals surface area contributed by atoms with Crippen LogP contribution in [0.1, 0.15) is 25.7 Å². The first-order chi connectivity index (χ1) is 8.15. The van der Waals surface area contributed by atoms with Crippen LogP contribution in [0.25, 0.3) is 0 Å². The fraction of sp³-hybridized carbons (Fsp3) is 0.917. The van der Waals surface area contributed by atoms with Crippen LogP contribution >= 0.6 is 11.8 Å². The second-order valence-electron chi connectivity index (χ2n) is 5.04. The van der Waals surface area contributed by atoms with Crippen molar-refractivity contribution in [1.29, 1.82) is 0 Å². The second-order valence-corrected chi connectivity index (χ2v) is 6.15. The van der Waals surface area contributed by atoms with Crippen molar-refractivity contribution >= 4 is 17.7 Å². The van der Waals surface area contributed by atoms with Crippen molar-refractivity contribution in [2.24, 2.45) is 5.41 Å². The zero-order valence-corrected chi connectivity index (χ0v) is 11.1. The Morgan fingerprint density at radius 1 is 1.41 bits per heavy atom. The van der Waals surface area contributed by atoms with Gasteiger partial charge in [0, 0.05) is 12.3 Å². The monoisotopic (exact) mass is 259 g/mol. The summed E-state index contributed by atoms with van der Waals surface area (Å²) in [5.74, 6) is 1.46. The summed E-state index contributed by atoms with van der Waals surface area (Å²) in [5, 5.41) is 14.1. The van der Waals surface area contributed by atoms with Crippen LogP contribution in [0.4, 0.5) is 0 Å². The third kappa shape index (κ3) is 2.20. The number of piperidine rings is 1. The van der Waals surface area contributed by atoms with E-state index < -0.39 is 11.0 Å². The molecule has 0 aromatic carbocycles. The lowest BCUT2D eigenvalue weighted by Gasteiger charge is -2.48. The van der Waals surface area contributed by atoms with Crippen molar-refractivity contribution in [3.05, 3.63) is 0 Å². The van der Waals surface area contributed by atoms with Gasteiger partial charge in [-0.1, -0.05) is 0 Å². The van der Waals surface area contributed by atoms with Crippen molar-refractivity contribution < 1.29 is 14.6 Å². The van der Waals surface area contributed by atoms with Crippen LogP contribution in [-0.4, -0.2) is 48.4 Å². The van der Waals surface area contributed by atoms with E-state index >= 15 is 0 Å². The van der Waals surface area contributed by atoms with Crippen molar-refractivity contribution in [1.82, 2.24) is 5.32 Å². The predicted molar refractivity (Wildman–Crippen MR) is 68.1 cm³/mol. The maximum Gasteiger partial charge on any atom is 0.316 e. The van der Waals surface area contributed by atoms with Gasteiger partial charge in [-0.2, -0.15) is 11.8 Å². The molecule has 2 heterocycles. The first-order valence-electron chi connectivity index (χ1n) is 6.24. The van der Waals surface area contributed by atoms with Gasteiger partial charge in [-0.25, -0.2) is 0 Å². The highest BCUT2D eigenvalue weighted by Crippen LogP contribution is 2.45. The van der Waals surface area contributed by atoms with E-state index in [1.165, 1.54) is 7.11 Å². The molecule has 5 heteroatoms. The predicted octanol–water partition coefficient (Wildman–Crippen LogP) is 0.787. The van der Waals surface area contributed by atoms with Crippen LogP contribution < -0.4 is 5.32 Å². The Hall–Kier alpha value is -0.260. The van der Waals surface area contributed by atoms with Gasteiger partial charge in [0.25, 0.3) is 0 Å². The van der Waals surface area contributed by atoms with Crippen LogP contribution in [0, 0.1) is 5.41 Å². The molecule has 0 radical (unpaired) electrons. The molecule has 2 aliphatic rings. The van der Waals surface area contributed by atoms with E-state index in [1.54, 1.807) is 11.8 Å². The number of aliphatic hydroxyl groups is 1. The maximum absolute atomic E-state index is 12.2. The lowest BCUT2D eigenvalue weighted by molar-refractivity contribution is -0.174. The van der Waals surface area contributed by atoms with Crippen molar-refractivity contribution in [3.63, 3.8) is 0 Å². The Balaban J connectivity index is 2.27. The van der Waals surface area contributed by atoms with Gasteiger partial charge in [0.05, 0.1) is 12.7 Å². The lowest BCUT2D eigenvalue weighted by Crippen LogP contribution is -2.62. The molecule has 2 rings (SSSR count). The highest BCUT2D eigenvalue weighted by molar-refractivity contribution is 7.99. The van der Waals surface area contributed by atoms with E-state index in [2.05, 4.69) is 5.32 Å². The van der Waals surface area contributed by atoms with Gasteiger partial charge in [-0.3, -0.25) is 4.79 Å². The van der Waals surface area contributed by atoms with Crippen molar-refractivity contribution in [2.75, 3.05) is 31.7 Å². The molecule has 0 saturated carbocycles. The molecule has 98 valence electrons. The average Bonchev–Trinajstić information content (AvgIpc) is 2.39. The molecule has 17 heavy (non-hydrogen) atoms. The fourth-order valence-electron chi connectivity index (χ4n) is 3.02. The molecule has 0 aliphatic carbocycles. The van der Waals surface area contributed by atoms with Gasteiger partial charge in [0.15, 0.2) is 0 Å². The standard InChI is InChI=1S/C12H21NO3S/c1-16-10(14)11(4-2-6-13-8-11)12(15)5-3-7-17-9-12/h13,15H,2-9H2,1H3. The van der Waals surface area contributed by atoms with E-state index in [4.69, 9.17) is 4.74 Å². The van der Waals surface area contributed by atoms with Gasteiger partial charge in [0.2, 0.25) is 0 Å². The molecule has 2 saturated heterocycles.